The van der Waals surface area contributed by atoms with Gasteiger partial charge in [0.1, 0.15) is 115 Å². The lowest BCUT2D eigenvalue weighted by Gasteiger charge is -2.72. The molecule has 5 aliphatic carbocycles. The van der Waals surface area contributed by atoms with Crippen LogP contribution in [0.5, 0.6) is 0 Å². The van der Waals surface area contributed by atoms with E-state index in [-0.39, 0.29) is 32.1 Å². The molecule has 10 rings (SSSR count). The quantitative estimate of drug-likeness (QED) is 0.0437. The lowest BCUT2D eigenvalue weighted by molar-refractivity contribution is -0.369. The van der Waals surface area contributed by atoms with Crippen LogP contribution in [0.25, 0.3) is 0 Å². The van der Waals surface area contributed by atoms with Crippen molar-refractivity contribution in [3.05, 3.63) is 11.6 Å². The van der Waals surface area contributed by atoms with Crippen LogP contribution in [-0.2, 0) is 57.0 Å². The summed E-state index contributed by atoms with van der Waals surface area (Å²) in [5, 5.41) is 198. The van der Waals surface area contributed by atoms with E-state index in [1.807, 2.05) is 33.8 Å². The number of ether oxygens (including phenoxy) is 10. The van der Waals surface area contributed by atoms with Gasteiger partial charge in [-0.05, 0) is 97.7 Å². The molecule has 34 atom stereocenters. The van der Waals surface area contributed by atoms with Crippen molar-refractivity contribution in [2.24, 2.45) is 50.2 Å². The monoisotopic (exact) mass is 1270 g/mol. The van der Waals surface area contributed by atoms with Gasteiger partial charge in [-0.15, -0.1) is 0 Å². The van der Waals surface area contributed by atoms with Crippen LogP contribution in [0.1, 0.15) is 92.9 Å². The van der Waals surface area contributed by atoms with Gasteiger partial charge in [0, 0.05) is 0 Å². The van der Waals surface area contributed by atoms with Gasteiger partial charge in [0.25, 0.3) is 0 Å². The maximum absolute atomic E-state index is 15.4. The Morgan fingerprint density at radius 1 is 0.580 bits per heavy atom. The third-order valence-electron chi connectivity index (χ3n) is 22.8. The fourth-order valence-electron chi connectivity index (χ4n) is 17.5. The van der Waals surface area contributed by atoms with Crippen molar-refractivity contribution in [2.45, 2.75) is 253 Å². The van der Waals surface area contributed by atoms with Gasteiger partial charge in [0.05, 0.1) is 51.3 Å². The molecule has 30 nitrogen and oxygen atoms in total. The summed E-state index contributed by atoms with van der Waals surface area (Å²) in [6.45, 7) is 7.90. The molecule has 0 aromatic heterocycles. The summed E-state index contributed by atoms with van der Waals surface area (Å²) in [5.74, 6) is -4.57. The first-order valence-corrected chi connectivity index (χ1v) is 30.5. The highest BCUT2D eigenvalue weighted by atomic mass is 16.8. The van der Waals surface area contributed by atoms with E-state index < -0.39 is 255 Å². The van der Waals surface area contributed by atoms with Crippen molar-refractivity contribution in [3.63, 3.8) is 0 Å². The van der Waals surface area contributed by atoms with E-state index >= 15 is 4.79 Å². The number of aliphatic carboxylic acids is 1. The summed E-state index contributed by atoms with van der Waals surface area (Å²) in [6, 6.07) is 0. The Labute approximate surface area is 507 Å². The average Bonchev–Trinajstić information content (AvgIpc) is 0.671. The third-order valence-corrected chi connectivity index (χ3v) is 22.8. The van der Waals surface area contributed by atoms with Gasteiger partial charge in [0.2, 0.25) is 6.29 Å². The second kappa shape index (κ2) is 25.1. The Hall–Kier alpha value is -2.36. The number of carboxylic acids is 1. The SMILES string of the molecule is CC1OC(OC2C(OC(=O)C34CCC(C)(C)CC3C3=CCC5C6(C)CC(O)C(OC7OC(COC8OC(CO)C(O)C(O)C8O)C(O)C(O)C7O)C(CO)(C(=O)O)C6CCC5(C)C3(C)CC4O)OCC(O)C2O)C(O)C(O)C1OC1OCC(O)C(O)C1O. The Bertz CT molecular complexity index is 2510. The van der Waals surface area contributed by atoms with E-state index in [2.05, 4.69) is 6.92 Å². The number of allylic oxidation sites excluding steroid dienone is 2. The molecule has 30 heteroatoms. The summed E-state index contributed by atoms with van der Waals surface area (Å²) >= 11 is 0. The van der Waals surface area contributed by atoms with E-state index in [1.54, 1.807) is 0 Å². The average molecular weight is 1270 g/mol. The molecule has 10 aliphatic rings. The number of hydrogen-bond acceptors (Lipinski definition) is 29. The number of aliphatic hydroxyl groups is 17. The Morgan fingerprint density at radius 2 is 1.16 bits per heavy atom. The van der Waals surface area contributed by atoms with Gasteiger partial charge in [-0.2, -0.15) is 0 Å². The zero-order chi connectivity index (χ0) is 64.4. The fourth-order valence-corrected chi connectivity index (χ4v) is 17.5. The molecule has 0 aromatic rings. The number of carboxylic acid groups (broad SMARTS) is 1. The minimum atomic E-state index is -2.31. The molecular formula is C58H92O30. The Kier molecular flexibility index (Phi) is 19.5. The fraction of sp³-hybridized carbons (Fsp3) is 0.931. The molecule has 0 aromatic carbocycles. The second-order valence-electron chi connectivity index (χ2n) is 28.2. The molecule has 0 amide bonds. The number of hydrogen-bond donors (Lipinski definition) is 18. The Balaban J connectivity index is 0.886. The van der Waals surface area contributed by atoms with Gasteiger partial charge < -0.3 is 139 Å². The van der Waals surface area contributed by atoms with Crippen LogP contribution in [0.4, 0.5) is 0 Å². The van der Waals surface area contributed by atoms with Crippen LogP contribution in [-0.4, -0.2) is 297 Å². The molecule has 18 N–H and O–H groups in total. The van der Waals surface area contributed by atoms with E-state index in [4.69, 9.17) is 47.4 Å². The van der Waals surface area contributed by atoms with Gasteiger partial charge in [0.15, 0.2) is 31.3 Å². The first-order valence-electron chi connectivity index (χ1n) is 30.5. The normalized spacial score (nSPS) is 54.6. The summed E-state index contributed by atoms with van der Waals surface area (Å²) in [7, 11) is 0. The predicted molar refractivity (Wildman–Crippen MR) is 288 cm³/mol. The molecule has 5 saturated heterocycles. The van der Waals surface area contributed by atoms with E-state index in [0.29, 0.717) is 19.3 Å². The van der Waals surface area contributed by atoms with Crippen molar-refractivity contribution in [1.82, 2.24) is 0 Å². The molecule has 34 unspecified atom stereocenters. The topological polar surface area (TPSA) is 491 Å². The van der Waals surface area contributed by atoms with Crippen LogP contribution in [0.15, 0.2) is 11.6 Å². The number of carbonyl (C=O) groups excluding carboxylic acids is 1. The first kappa shape index (κ1) is 68.5. The van der Waals surface area contributed by atoms with Crippen molar-refractivity contribution in [2.75, 3.05) is 33.0 Å². The summed E-state index contributed by atoms with van der Waals surface area (Å²) in [5.41, 5.74) is -6.36. The highest BCUT2D eigenvalue weighted by molar-refractivity contribution is 5.80. The van der Waals surface area contributed by atoms with Gasteiger partial charge >= 0.3 is 11.9 Å². The standard InChI is InChI=1S/C58H92O30/c1-21-43(85-47-39(72)32(65)25(62)17-79-47)38(71)42(75)48(82-21)86-44-33(66)26(63)18-80-50(44)88-52(78)57-12-11-53(2,3)13-23(57)22-7-8-29-54(4)14-24(61)45(58(20-60,51(76)77)30(54)9-10-55(29,5)56(22,6)15-31(57)64)87-49-41(74)37(70)35(68)28(84-49)19-81-46-40(73)36(69)34(67)27(16-59)83-46/h7,21,23-50,59-75H,8-20H2,1-6H3,(H,76,77). The van der Waals surface area contributed by atoms with Crippen LogP contribution < -0.4 is 0 Å². The number of rotatable bonds is 14. The van der Waals surface area contributed by atoms with Crippen LogP contribution in [0.2, 0.25) is 0 Å². The molecule has 88 heavy (non-hydrogen) atoms. The molecule has 504 valence electrons. The lowest BCUT2D eigenvalue weighted by atomic mass is 9.33. The molecular weight excluding hydrogens is 1180 g/mol. The number of carbonyl (C=O) groups is 2. The number of fused-ring (bicyclic) bond motifs is 7. The second-order valence-corrected chi connectivity index (χ2v) is 28.2. The number of esters is 1. The largest absolute Gasteiger partial charge is 0.481 e. The molecule has 0 bridgehead atoms. The predicted octanol–water partition coefficient (Wildman–Crippen LogP) is -5.93. The lowest BCUT2D eigenvalue weighted by Crippen LogP contribution is -2.72. The van der Waals surface area contributed by atoms with E-state index in [9.17, 15) is 96.7 Å². The minimum absolute atomic E-state index is 0.0142. The summed E-state index contributed by atoms with van der Waals surface area (Å²) < 4.78 is 58.2. The Morgan fingerprint density at radius 3 is 1.81 bits per heavy atom. The smallest absolute Gasteiger partial charge is 0.317 e. The maximum Gasteiger partial charge on any atom is 0.317 e. The van der Waals surface area contributed by atoms with E-state index in [0.717, 1.165) is 5.57 Å². The molecule has 9 fully saturated rings. The van der Waals surface area contributed by atoms with Crippen LogP contribution >= 0.6 is 0 Å². The first-order chi connectivity index (χ1) is 41.2. The van der Waals surface area contributed by atoms with E-state index in [1.165, 1.54) is 6.92 Å². The van der Waals surface area contributed by atoms with Crippen molar-refractivity contribution in [3.8, 4) is 0 Å². The van der Waals surface area contributed by atoms with Crippen molar-refractivity contribution < 1.29 is 149 Å². The minimum Gasteiger partial charge on any atom is -0.481 e. The van der Waals surface area contributed by atoms with Crippen LogP contribution in [0.3, 0.4) is 0 Å². The van der Waals surface area contributed by atoms with Gasteiger partial charge in [-0.1, -0.05) is 46.3 Å². The highest BCUT2D eigenvalue weighted by Gasteiger charge is 2.75. The summed E-state index contributed by atoms with van der Waals surface area (Å²) in [6.07, 6.45) is -40.9. The molecule has 5 heterocycles. The molecule has 5 aliphatic heterocycles. The molecule has 0 radical (unpaired) electrons. The highest BCUT2D eigenvalue weighted by Crippen LogP contribution is 2.76. The summed E-state index contributed by atoms with van der Waals surface area (Å²) in [4.78, 5) is 29.5. The van der Waals surface area contributed by atoms with Gasteiger partial charge in [-0.3, -0.25) is 9.59 Å². The van der Waals surface area contributed by atoms with Gasteiger partial charge in [-0.25, -0.2) is 0 Å². The van der Waals surface area contributed by atoms with Crippen molar-refractivity contribution >= 4 is 11.9 Å². The van der Waals surface area contributed by atoms with Crippen molar-refractivity contribution in [1.29, 1.82) is 0 Å². The van der Waals surface area contributed by atoms with Crippen LogP contribution in [0, 0.1) is 50.2 Å². The third kappa shape index (κ3) is 11.0. The zero-order valence-corrected chi connectivity index (χ0v) is 50.0. The number of aliphatic hydroxyl groups excluding tert-OH is 17. The molecule has 4 saturated carbocycles. The maximum atomic E-state index is 15.4. The molecule has 0 spiro atoms. The zero-order valence-electron chi connectivity index (χ0n) is 50.0.